The molecule has 2 aliphatic rings. The van der Waals surface area contributed by atoms with Gasteiger partial charge in [-0.05, 0) is 58.8 Å². The van der Waals surface area contributed by atoms with Gasteiger partial charge >= 0.3 is 11.9 Å². The van der Waals surface area contributed by atoms with Gasteiger partial charge in [-0.25, -0.2) is 4.79 Å². The highest BCUT2D eigenvalue weighted by molar-refractivity contribution is 5.92. The maximum absolute atomic E-state index is 12.1. The van der Waals surface area contributed by atoms with Gasteiger partial charge in [-0.1, -0.05) is 56.2 Å². The quantitative estimate of drug-likeness (QED) is 0.177. The van der Waals surface area contributed by atoms with Crippen molar-refractivity contribution in [2.75, 3.05) is 6.61 Å². The molecule has 1 N–H and O–H groups in total. The number of esters is 2. The number of carbonyl (C=O) groups is 2. The number of hydrogen-bond donors (Lipinski definition) is 1. The van der Waals surface area contributed by atoms with E-state index in [9.17, 15) is 14.7 Å². The summed E-state index contributed by atoms with van der Waals surface area (Å²) in [4.78, 5) is 24.1. The number of rotatable bonds is 15. The van der Waals surface area contributed by atoms with Crippen LogP contribution in [0.4, 0.5) is 0 Å². The predicted octanol–water partition coefficient (Wildman–Crippen LogP) is 5.97. The SMILES string of the molecule is CCCCCC=CCC=CCC=CCCCCC(=O)OC1=C(O)C(C2COC(C)(C)O2)OC1=O. The van der Waals surface area contributed by atoms with Gasteiger partial charge in [0.15, 0.2) is 17.7 Å². The van der Waals surface area contributed by atoms with Crippen LogP contribution in [0.5, 0.6) is 0 Å². The molecule has 2 aliphatic heterocycles. The highest BCUT2D eigenvalue weighted by Gasteiger charge is 2.47. The summed E-state index contributed by atoms with van der Waals surface area (Å²) in [6.07, 6.45) is 20.7. The number of cyclic esters (lactones) is 1. The summed E-state index contributed by atoms with van der Waals surface area (Å²) >= 11 is 0. The smallest absolute Gasteiger partial charge is 0.378 e. The monoisotopic (exact) mass is 476 g/mol. The van der Waals surface area contributed by atoms with Crippen molar-refractivity contribution < 1.29 is 33.6 Å². The first-order chi connectivity index (χ1) is 16.3. The summed E-state index contributed by atoms with van der Waals surface area (Å²) in [6, 6.07) is 0. The van der Waals surface area contributed by atoms with Crippen LogP contribution in [0.3, 0.4) is 0 Å². The number of allylic oxidation sites excluding steroid dienone is 6. The number of hydrogen-bond acceptors (Lipinski definition) is 7. The molecule has 0 amide bonds. The molecular formula is C27H40O7. The van der Waals surface area contributed by atoms with E-state index in [2.05, 4.69) is 43.4 Å². The lowest BCUT2D eigenvalue weighted by Crippen LogP contribution is -2.32. The first kappa shape index (κ1) is 27.9. The molecule has 1 saturated heterocycles. The fourth-order valence-corrected chi connectivity index (χ4v) is 3.66. The lowest BCUT2D eigenvalue weighted by Gasteiger charge is -2.19. The van der Waals surface area contributed by atoms with Crippen molar-refractivity contribution in [2.24, 2.45) is 0 Å². The van der Waals surface area contributed by atoms with E-state index in [-0.39, 0.29) is 13.0 Å². The molecule has 2 atom stereocenters. The summed E-state index contributed by atoms with van der Waals surface area (Å²) in [5, 5.41) is 10.3. The molecule has 190 valence electrons. The van der Waals surface area contributed by atoms with E-state index < -0.39 is 41.5 Å². The molecule has 2 rings (SSSR count). The molecule has 0 spiro atoms. The second-order valence-electron chi connectivity index (χ2n) is 9.01. The minimum absolute atomic E-state index is 0.156. The molecule has 0 aliphatic carbocycles. The van der Waals surface area contributed by atoms with E-state index in [1.165, 1.54) is 25.7 Å². The van der Waals surface area contributed by atoms with E-state index in [0.717, 1.165) is 25.7 Å². The molecular weight excluding hydrogens is 436 g/mol. The van der Waals surface area contributed by atoms with Crippen LogP contribution in [-0.4, -0.2) is 41.6 Å². The zero-order valence-electron chi connectivity index (χ0n) is 20.8. The van der Waals surface area contributed by atoms with E-state index in [0.29, 0.717) is 6.42 Å². The van der Waals surface area contributed by atoms with Gasteiger partial charge in [0, 0.05) is 6.42 Å². The van der Waals surface area contributed by atoms with Crippen molar-refractivity contribution in [3.05, 3.63) is 48.0 Å². The molecule has 0 aromatic rings. The Labute approximate surface area is 203 Å². The van der Waals surface area contributed by atoms with Gasteiger partial charge in [0.2, 0.25) is 0 Å². The zero-order chi connectivity index (χ0) is 24.8. The largest absolute Gasteiger partial charge is 0.505 e. The summed E-state index contributed by atoms with van der Waals surface area (Å²) in [5.41, 5.74) is 0. The highest BCUT2D eigenvalue weighted by Crippen LogP contribution is 2.32. The van der Waals surface area contributed by atoms with Gasteiger partial charge in [0.25, 0.3) is 5.76 Å². The van der Waals surface area contributed by atoms with Crippen LogP contribution in [0.2, 0.25) is 0 Å². The number of carbonyl (C=O) groups excluding carboxylic acids is 2. The molecule has 2 unspecified atom stereocenters. The Kier molecular flexibility index (Phi) is 12.1. The molecule has 34 heavy (non-hydrogen) atoms. The molecule has 0 saturated carbocycles. The number of aliphatic hydroxyl groups is 1. The summed E-state index contributed by atoms with van der Waals surface area (Å²) in [6.45, 7) is 5.83. The van der Waals surface area contributed by atoms with E-state index in [1.54, 1.807) is 13.8 Å². The molecule has 1 fully saturated rings. The van der Waals surface area contributed by atoms with Gasteiger partial charge < -0.3 is 24.1 Å². The van der Waals surface area contributed by atoms with Crippen molar-refractivity contribution >= 4 is 11.9 Å². The number of ether oxygens (including phenoxy) is 4. The Balaban J connectivity index is 1.57. The van der Waals surface area contributed by atoms with Gasteiger partial charge in [-0.3, -0.25) is 4.79 Å². The standard InChI is InChI=1S/C27H40O7/c1-4-5-6-7-8-9-10-11-12-13-14-15-16-17-18-19-22(28)32-25-23(29)24(33-26(25)30)21-20-31-27(2,3)34-21/h8-9,11-12,14-15,21,24,29H,4-7,10,13,16-20H2,1-3H3. The fourth-order valence-electron chi connectivity index (χ4n) is 3.66. The molecule has 7 heteroatoms. The molecule has 2 heterocycles. The lowest BCUT2D eigenvalue weighted by atomic mass is 10.1. The minimum Gasteiger partial charge on any atom is -0.505 e. The van der Waals surface area contributed by atoms with Crippen molar-refractivity contribution in [1.29, 1.82) is 0 Å². The maximum atomic E-state index is 12.1. The van der Waals surface area contributed by atoms with Crippen LogP contribution in [0.25, 0.3) is 0 Å². The topological polar surface area (TPSA) is 91.3 Å². The molecule has 0 aromatic heterocycles. The first-order valence-electron chi connectivity index (χ1n) is 12.5. The average Bonchev–Trinajstić information content (AvgIpc) is 3.29. The van der Waals surface area contributed by atoms with E-state index >= 15 is 0 Å². The number of unbranched alkanes of at least 4 members (excludes halogenated alkanes) is 5. The Morgan fingerprint density at radius 3 is 2.24 bits per heavy atom. The third kappa shape index (κ3) is 9.85. The van der Waals surface area contributed by atoms with Gasteiger partial charge in [-0.15, -0.1) is 0 Å². The van der Waals surface area contributed by atoms with Crippen LogP contribution >= 0.6 is 0 Å². The second-order valence-corrected chi connectivity index (χ2v) is 9.01. The van der Waals surface area contributed by atoms with Crippen molar-refractivity contribution in [1.82, 2.24) is 0 Å². The van der Waals surface area contributed by atoms with Crippen molar-refractivity contribution in [3.63, 3.8) is 0 Å². The normalized spacial score (nSPS) is 22.5. The van der Waals surface area contributed by atoms with Crippen LogP contribution in [0.1, 0.15) is 85.0 Å². The van der Waals surface area contributed by atoms with Gasteiger partial charge in [0.05, 0.1) is 6.61 Å². The molecule has 0 radical (unpaired) electrons. The summed E-state index contributed by atoms with van der Waals surface area (Å²) < 4.78 is 21.3. The van der Waals surface area contributed by atoms with Crippen LogP contribution < -0.4 is 0 Å². The third-order valence-electron chi connectivity index (χ3n) is 5.53. The second kappa shape index (κ2) is 14.8. The van der Waals surface area contributed by atoms with Crippen LogP contribution in [0.15, 0.2) is 48.0 Å². The molecule has 0 bridgehead atoms. The molecule has 0 aromatic carbocycles. The van der Waals surface area contributed by atoms with Crippen LogP contribution in [0, 0.1) is 0 Å². The van der Waals surface area contributed by atoms with Crippen molar-refractivity contribution in [2.45, 2.75) is 103 Å². The minimum atomic E-state index is -1.03. The van der Waals surface area contributed by atoms with Crippen LogP contribution in [-0.2, 0) is 28.5 Å². The molecule has 7 nitrogen and oxygen atoms in total. The van der Waals surface area contributed by atoms with Gasteiger partial charge in [-0.2, -0.15) is 0 Å². The average molecular weight is 477 g/mol. The lowest BCUT2D eigenvalue weighted by molar-refractivity contribution is -0.164. The number of aliphatic hydroxyl groups excluding tert-OH is 1. The van der Waals surface area contributed by atoms with Gasteiger partial charge in [0.1, 0.15) is 6.10 Å². The Morgan fingerprint density at radius 1 is 1.03 bits per heavy atom. The zero-order valence-corrected chi connectivity index (χ0v) is 20.8. The van der Waals surface area contributed by atoms with Crippen molar-refractivity contribution in [3.8, 4) is 0 Å². The first-order valence-corrected chi connectivity index (χ1v) is 12.5. The summed E-state index contributed by atoms with van der Waals surface area (Å²) in [5.74, 6) is -3.14. The Bertz CT molecular complexity index is 776. The summed E-state index contributed by atoms with van der Waals surface area (Å²) in [7, 11) is 0. The highest BCUT2D eigenvalue weighted by atomic mass is 16.8. The maximum Gasteiger partial charge on any atom is 0.378 e. The fraction of sp³-hybridized carbons (Fsp3) is 0.630. The van der Waals surface area contributed by atoms with E-state index in [4.69, 9.17) is 18.9 Å². The Hall–Kier alpha value is -2.38. The predicted molar refractivity (Wildman–Crippen MR) is 130 cm³/mol. The Morgan fingerprint density at radius 2 is 1.65 bits per heavy atom. The third-order valence-corrected chi connectivity index (χ3v) is 5.53. The van der Waals surface area contributed by atoms with E-state index in [1.807, 2.05) is 0 Å².